The van der Waals surface area contributed by atoms with E-state index >= 15 is 0 Å². The molecule has 0 unspecified atom stereocenters. The summed E-state index contributed by atoms with van der Waals surface area (Å²) in [5, 5.41) is 6.86. The molecule has 8 nitrogen and oxygen atoms in total. The predicted octanol–water partition coefficient (Wildman–Crippen LogP) is 2.17. The summed E-state index contributed by atoms with van der Waals surface area (Å²) in [6, 6.07) is 13.7. The van der Waals surface area contributed by atoms with Gasteiger partial charge in [-0.2, -0.15) is 5.10 Å². The van der Waals surface area contributed by atoms with Gasteiger partial charge in [0, 0.05) is 5.56 Å². The van der Waals surface area contributed by atoms with Crippen molar-refractivity contribution in [3.05, 3.63) is 87.6 Å². The van der Waals surface area contributed by atoms with E-state index in [0.29, 0.717) is 11.3 Å². The molecule has 0 bridgehead atoms. The van der Waals surface area contributed by atoms with Gasteiger partial charge >= 0.3 is 5.97 Å². The zero-order chi connectivity index (χ0) is 21.7. The maximum absolute atomic E-state index is 13.2. The van der Waals surface area contributed by atoms with Crippen molar-refractivity contribution in [2.75, 3.05) is 7.11 Å². The molecule has 0 fully saturated rings. The molecule has 9 heteroatoms. The standard InChI is InChI=1S/C21H19FN4O4/c1-13(23-24-20(28)14-6-4-3-5-7-14)19-17(12-18(27)30-2)25-26(21(19)29)16-10-8-15(22)9-11-16/h3-11,25H,12H2,1-2H3,(H,24,28). The number of rotatable bonds is 6. The number of nitrogens with one attached hydrogen (secondary N) is 2. The number of hydrazone groups is 1. The van der Waals surface area contributed by atoms with Crippen LogP contribution in [0.5, 0.6) is 0 Å². The number of amides is 1. The monoisotopic (exact) mass is 410 g/mol. The van der Waals surface area contributed by atoms with Crippen molar-refractivity contribution >= 4 is 17.6 Å². The van der Waals surface area contributed by atoms with Crippen molar-refractivity contribution in [3.8, 4) is 5.69 Å². The van der Waals surface area contributed by atoms with E-state index in [-0.39, 0.29) is 23.4 Å². The van der Waals surface area contributed by atoms with E-state index in [9.17, 15) is 18.8 Å². The first kappa shape index (κ1) is 20.7. The van der Waals surface area contributed by atoms with Crippen molar-refractivity contribution in [3.63, 3.8) is 0 Å². The molecule has 154 valence electrons. The Bertz CT molecular complexity index is 1150. The summed E-state index contributed by atoms with van der Waals surface area (Å²) >= 11 is 0. The molecule has 1 heterocycles. The highest BCUT2D eigenvalue weighted by molar-refractivity contribution is 6.02. The first-order valence-electron chi connectivity index (χ1n) is 8.97. The number of ether oxygens (including phenoxy) is 1. The number of carbonyl (C=O) groups excluding carboxylic acids is 2. The Kier molecular flexibility index (Phi) is 6.21. The largest absolute Gasteiger partial charge is 0.469 e. The van der Waals surface area contributed by atoms with E-state index in [1.165, 1.54) is 43.0 Å². The van der Waals surface area contributed by atoms with E-state index in [0.717, 1.165) is 0 Å². The molecule has 30 heavy (non-hydrogen) atoms. The number of benzene rings is 2. The minimum atomic E-state index is -0.565. The number of hydrogen-bond acceptors (Lipinski definition) is 5. The number of aromatic amines is 1. The number of halogens is 1. The van der Waals surface area contributed by atoms with Gasteiger partial charge in [0.2, 0.25) is 0 Å². The van der Waals surface area contributed by atoms with Crippen LogP contribution in [-0.2, 0) is 16.0 Å². The van der Waals surface area contributed by atoms with Crippen LogP contribution >= 0.6 is 0 Å². The lowest BCUT2D eigenvalue weighted by molar-refractivity contribution is -0.139. The van der Waals surface area contributed by atoms with Gasteiger partial charge in [-0.1, -0.05) is 18.2 Å². The molecule has 0 aliphatic heterocycles. The Morgan fingerprint density at radius 2 is 1.80 bits per heavy atom. The lowest BCUT2D eigenvalue weighted by atomic mass is 10.1. The van der Waals surface area contributed by atoms with Crippen molar-refractivity contribution in [2.24, 2.45) is 5.10 Å². The molecule has 0 radical (unpaired) electrons. The number of H-pyrrole nitrogens is 1. The summed E-state index contributed by atoms with van der Waals surface area (Å²) in [7, 11) is 1.23. The first-order valence-corrected chi connectivity index (χ1v) is 8.97. The third-order valence-electron chi connectivity index (χ3n) is 4.32. The van der Waals surface area contributed by atoms with Crippen molar-refractivity contribution in [1.82, 2.24) is 15.2 Å². The van der Waals surface area contributed by atoms with Crippen molar-refractivity contribution < 1.29 is 18.7 Å². The Hall–Kier alpha value is -4.01. The molecule has 0 atom stereocenters. The van der Waals surface area contributed by atoms with Gasteiger partial charge in [0.25, 0.3) is 11.5 Å². The highest BCUT2D eigenvalue weighted by Crippen LogP contribution is 2.11. The Morgan fingerprint density at radius 1 is 1.13 bits per heavy atom. The smallest absolute Gasteiger partial charge is 0.311 e. The molecule has 1 aromatic heterocycles. The number of aromatic nitrogens is 2. The number of esters is 1. The molecular formula is C21H19FN4O4. The van der Waals surface area contributed by atoms with Gasteiger partial charge in [-0.05, 0) is 43.3 Å². The summed E-state index contributed by atoms with van der Waals surface area (Å²) < 4.78 is 19.1. The predicted molar refractivity (Wildman–Crippen MR) is 108 cm³/mol. The molecule has 0 spiro atoms. The minimum absolute atomic E-state index is 0.109. The van der Waals surface area contributed by atoms with Gasteiger partial charge in [-0.25, -0.2) is 14.5 Å². The van der Waals surface area contributed by atoms with Crippen LogP contribution in [0.4, 0.5) is 4.39 Å². The van der Waals surface area contributed by atoms with Crippen molar-refractivity contribution in [1.29, 1.82) is 0 Å². The van der Waals surface area contributed by atoms with Crippen LogP contribution in [0.15, 0.2) is 64.5 Å². The second kappa shape index (κ2) is 8.99. The van der Waals surface area contributed by atoms with Crippen LogP contribution < -0.4 is 11.0 Å². The minimum Gasteiger partial charge on any atom is -0.469 e. The van der Waals surface area contributed by atoms with Crippen LogP contribution in [0.2, 0.25) is 0 Å². The van der Waals surface area contributed by atoms with Crippen LogP contribution in [0.1, 0.15) is 28.5 Å². The van der Waals surface area contributed by atoms with E-state index in [2.05, 4.69) is 20.4 Å². The van der Waals surface area contributed by atoms with Gasteiger partial charge in [0.1, 0.15) is 5.82 Å². The van der Waals surface area contributed by atoms with E-state index in [1.807, 2.05) is 0 Å². The van der Waals surface area contributed by atoms with Gasteiger partial charge in [-0.15, -0.1) is 0 Å². The quantitative estimate of drug-likeness (QED) is 0.369. The number of hydrogen-bond donors (Lipinski definition) is 2. The number of methoxy groups -OCH3 is 1. The highest BCUT2D eigenvalue weighted by Gasteiger charge is 2.20. The summed E-state index contributed by atoms with van der Waals surface area (Å²) in [4.78, 5) is 37.0. The maximum atomic E-state index is 13.2. The van der Waals surface area contributed by atoms with E-state index in [1.54, 1.807) is 30.3 Å². The fourth-order valence-electron chi connectivity index (χ4n) is 2.82. The fourth-order valence-corrected chi connectivity index (χ4v) is 2.82. The lowest BCUT2D eigenvalue weighted by Crippen LogP contribution is -2.23. The molecule has 2 N–H and O–H groups in total. The zero-order valence-corrected chi connectivity index (χ0v) is 16.3. The average Bonchev–Trinajstić information content (AvgIpc) is 3.08. The molecule has 2 aromatic carbocycles. The highest BCUT2D eigenvalue weighted by atomic mass is 19.1. The maximum Gasteiger partial charge on any atom is 0.311 e. The number of nitrogens with zero attached hydrogens (tertiary/aromatic N) is 2. The number of carbonyl (C=O) groups is 2. The Labute approximate surface area is 171 Å². The van der Waals surface area contributed by atoms with Gasteiger partial charge < -0.3 is 4.74 Å². The molecule has 3 rings (SSSR count). The lowest BCUT2D eigenvalue weighted by Gasteiger charge is -2.03. The molecule has 1 amide bonds. The van der Waals surface area contributed by atoms with E-state index in [4.69, 9.17) is 0 Å². The van der Waals surface area contributed by atoms with Gasteiger partial charge in [0.15, 0.2) is 0 Å². The van der Waals surface area contributed by atoms with Gasteiger partial charge in [0.05, 0.1) is 36.2 Å². The van der Waals surface area contributed by atoms with Crippen LogP contribution in [0, 0.1) is 5.82 Å². The average molecular weight is 410 g/mol. The van der Waals surface area contributed by atoms with Crippen LogP contribution in [-0.4, -0.2) is 34.5 Å². The summed E-state index contributed by atoms with van der Waals surface area (Å²) in [5.74, 6) is -1.46. The van der Waals surface area contributed by atoms with Gasteiger partial charge in [-0.3, -0.25) is 19.5 Å². The Morgan fingerprint density at radius 3 is 2.43 bits per heavy atom. The molecule has 0 aliphatic rings. The first-order chi connectivity index (χ1) is 14.4. The topological polar surface area (TPSA) is 106 Å². The van der Waals surface area contributed by atoms with E-state index < -0.39 is 23.3 Å². The second-order valence-electron chi connectivity index (χ2n) is 6.34. The molecule has 0 aliphatic carbocycles. The summed E-state index contributed by atoms with van der Waals surface area (Å²) in [5.41, 5.74) is 3.23. The van der Waals surface area contributed by atoms with Crippen LogP contribution in [0.3, 0.4) is 0 Å². The summed E-state index contributed by atoms with van der Waals surface area (Å²) in [6.45, 7) is 1.53. The molecule has 0 saturated carbocycles. The Balaban J connectivity index is 1.98. The molecule has 3 aromatic rings. The molecule has 0 saturated heterocycles. The third kappa shape index (κ3) is 4.52. The molecular weight excluding hydrogens is 391 g/mol. The third-order valence-corrected chi connectivity index (χ3v) is 4.32. The fraction of sp³-hybridized carbons (Fsp3) is 0.143. The summed E-state index contributed by atoms with van der Waals surface area (Å²) in [6.07, 6.45) is -0.214. The van der Waals surface area contributed by atoms with Crippen molar-refractivity contribution in [2.45, 2.75) is 13.3 Å². The normalized spacial score (nSPS) is 11.2. The second-order valence-corrected chi connectivity index (χ2v) is 6.34. The zero-order valence-electron chi connectivity index (χ0n) is 16.3. The SMILES string of the molecule is COC(=O)Cc1[nH]n(-c2ccc(F)cc2)c(=O)c1C(C)=NNC(=O)c1ccccc1. The van der Waals surface area contributed by atoms with Crippen LogP contribution in [0.25, 0.3) is 5.69 Å².